The Hall–Kier alpha value is -1.28. The third-order valence-corrected chi connectivity index (χ3v) is 2.35. The molecule has 0 spiro atoms. The molecule has 0 radical (unpaired) electrons. The fourth-order valence-electron chi connectivity index (χ4n) is 0.453. The first kappa shape index (κ1) is 20.1. The molecule has 0 amide bonds. The van der Waals surface area contributed by atoms with Gasteiger partial charge < -0.3 is 30.5 Å². The topological polar surface area (TPSA) is 121 Å². The maximum absolute atomic E-state index is 9.10. The molecule has 0 saturated carbocycles. The molecule has 0 aliphatic rings. The Morgan fingerprint density at radius 2 is 0.895 bits per heavy atom. The smallest absolute Gasteiger partial charge is 0.432 e. The number of benzene rings is 1. The molecular weight excluding hydrogens is 251 g/mol. The van der Waals surface area contributed by atoms with E-state index in [1.165, 1.54) is 24.3 Å². The molecule has 0 aromatic heterocycles. The Morgan fingerprint density at radius 3 is 1.00 bits per heavy atom. The first-order chi connectivity index (χ1) is 8.45. The van der Waals surface area contributed by atoms with Gasteiger partial charge in [0.05, 0.1) is 11.2 Å². The van der Waals surface area contributed by atoms with E-state index in [-0.39, 0.29) is 11.5 Å². The monoisotopic (exact) mass is 274 g/mol. The van der Waals surface area contributed by atoms with E-state index in [0.29, 0.717) is 0 Å². The van der Waals surface area contributed by atoms with Gasteiger partial charge in [-0.1, -0.05) is 0 Å². The average Bonchev–Trinajstić information content (AvgIpc) is 2.21. The van der Waals surface area contributed by atoms with Crippen LogP contribution >= 0.6 is 0 Å². The van der Waals surface area contributed by atoms with Gasteiger partial charge in [-0.15, -0.1) is 0 Å². The predicted octanol–water partition coefficient (Wildman–Crippen LogP) is -0.137. The maximum atomic E-state index is 9.10. The minimum absolute atomic E-state index is 0.169. The van der Waals surface area contributed by atoms with Gasteiger partial charge >= 0.3 is 7.69 Å². The minimum Gasteiger partial charge on any atom is -0.508 e. The molecule has 0 fully saturated rings. The summed E-state index contributed by atoms with van der Waals surface area (Å²) in [7, 11) is -0.750. The molecule has 110 valence electrons. The van der Waals surface area contributed by atoms with Crippen LogP contribution < -0.4 is 0 Å². The summed E-state index contributed by atoms with van der Waals surface area (Å²) < 4.78 is 0. The lowest BCUT2D eigenvalue weighted by molar-refractivity contribution is -0.107. The van der Waals surface area contributed by atoms with Gasteiger partial charge in [-0.05, 0) is 52.0 Å². The second kappa shape index (κ2) is 8.76. The quantitative estimate of drug-likeness (QED) is 0.313. The second-order valence-corrected chi connectivity index (χ2v) is 4.78. The van der Waals surface area contributed by atoms with Gasteiger partial charge in [0.15, 0.2) is 0 Å². The van der Waals surface area contributed by atoms with Crippen LogP contribution in [0.25, 0.3) is 0 Å². The van der Waals surface area contributed by atoms with Crippen molar-refractivity contribution in [3.05, 3.63) is 24.3 Å². The summed E-state index contributed by atoms with van der Waals surface area (Å²) >= 11 is 0. The number of hydrogen-bond donors (Lipinski definition) is 6. The fourth-order valence-corrected chi connectivity index (χ4v) is 0.453. The zero-order valence-corrected chi connectivity index (χ0v) is 11.7. The van der Waals surface area contributed by atoms with E-state index in [1.54, 1.807) is 27.7 Å². The lowest BCUT2D eigenvalue weighted by Gasteiger charge is -2.31. The Morgan fingerprint density at radius 1 is 0.737 bits per heavy atom. The molecule has 1 aromatic carbocycles. The molecule has 0 aliphatic heterocycles. The normalized spacial score (nSPS) is 10.5. The summed E-state index contributed by atoms with van der Waals surface area (Å²) in [6.07, 6.45) is 0. The largest absolute Gasteiger partial charge is 0.508 e. The number of hydrogen-bond acceptors (Lipinski definition) is 6. The first-order valence-corrected chi connectivity index (χ1v) is 5.60. The molecule has 0 unspecified atom stereocenters. The van der Waals surface area contributed by atoms with Crippen LogP contribution in [0.3, 0.4) is 0 Å². The minimum atomic E-state index is -1.01. The summed E-state index contributed by atoms with van der Waals surface area (Å²) in [4.78, 5) is 0. The van der Waals surface area contributed by atoms with Crippen LogP contribution in [0.2, 0.25) is 0 Å². The van der Waals surface area contributed by atoms with E-state index < -0.39 is 18.9 Å². The Kier molecular flexibility index (Phi) is 9.25. The van der Waals surface area contributed by atoms with Crippen LogP contribution in [0.15, 0.2) is 24.3 Å². The molecule has 0 saturated heterocycles. The molecule has 6 nitrogen and oxygen atoms in total. The number of phenolic OH excluding ortho intramolecular Hbond substituents is 2. The second-order valence-electron chi connectivity index (χ2n) is 4.78. The molecule has 7 heteroatoms. The highest BCUT2D eigenvalue weighted by atomic mass is 16.4. The third kappa shape index (κ3) is 11.5. The SMILES string of the molecule is CC(C)(O)C(C)(C)O.OBO.Oc1ccc(O)cc1. The molecule has 1 rings (SSSR count). The van der Waals surface area contributed by atoms with Gasteiger partial charge in [0.1, 0.15) is 11.5 Å². The number of aromatic hydroxyl groups is 2. The number of rotatable bonds is 1. The number of phenols is 2. The van der Waals surface area contributed by atoms with Gasteiger partial charge in [-0.3, -0.25) is 0 Å². The van der Waals surface area contributed by atoms with Crippen molar-refractivity contribution in [3.63, 3.8) is 0 Å². The van der Waals surface area contributed by atoms with Gasteiger partial charge in [0, 0.05) is 0 Å². The molecular formula is C12H23BO6. The first-order valence-electron chi connectivity index (χ1n) is 5.60. The van der Waals surface area contributed by atoms with E-state index in [2.05, 4.69) is 0 Å². The summed E-state index contributed by atoms with van der Waals surface area (Å²) in [6, 6.07) is 5.70. The van der Waals surface area contributed by atoms with E-state index in [4.69, 9.17) is 30.5 Å². The molecule has 19 heavy (non-hydrogen) atoms. The van der Waals surface area contributed by atoms with Crippen molar-refractivity contribution in [1.82, 2.24) is 0 Å². The van der Waals surface area contributed by atoms with Crippen molar-refractivity contribution < 1.29 is 30.5 Å². The van der Waals surface area contributed by atoms with Crippen molar-refractivity contribution in [1.29, 1.82) is 0 Å². The van der Waals surface area contributed by atoms with Crippen LogP contribution in [0, 0.1) is 0 Å². The van der Waals surface area contributed by atoms with E-state index >= 15 is 0 Å². The zero-order valence-electron chi connectivity index (χ0n) is 11.7. The molecule has 0 aliphatic carbocycles. The van der Waals surface area contributed by atoms with Crippen LogP contribution in [0.5, 0.6) is 11.5 Å². The average molecular weight is 274 g/mol. The highest BCUT2D eigenvalue weighted by molar-refractivity contribution is 6.13. The van der Waals surface area contributed by atoms with Crippen molar-refractivity contribution in [3.8, 4) is 11.5 Å². The Bertz CT molecular complexity index is 293. The van der Waals surface area contributed by atoms with Crippen LogP contribution in [-0.2, 0) is 0 Å². The standard InChI is InChI=1S/C6H6O2.C6H14O2.BH3O2/c7-5-1-2-6(8)4-3-5;1-5(2,7)6(3,4)8;2-1-3/h1-4,7-8H;7-8H,1-4H3;1-3H. The Labute approximate surface area is 113 Å². The summed E-state index contributed by atoms with van der Waals surface area (Å²) in [5.41, 5.74) is -2.01. The van der Waals surface area contributed by atoms with E-state index in [0.717, 1.165) is 0 Å². The van der Waals surface area contributed by atoms with E-state index in [1.807, 2.05) is 0 Å². The van der Waals surface area contributed by atoms with Crippen molar-refractivity contribution in [2.75, 3.05) is 0 Å². The molecule has 0 atom stereocenters. The van der Waals surface area contributed by atoms with Crippen LogP contribution in [-0.4, -0.2) is 49.4 Å². The maximum Gasteiger partial charge on any atom is 0.432 e. The van der Waals surface area contributed by atoms with Crippen LogP contribution in [0.4, 0.5) is 0 Å². The molecule has 0 bridgehead atoms. The molecule has 6 N–H and O–H groups in total. The van der Waals surface area contributed by atoms with Gasteiger partial charge in [0.25, 0.3) is 0 Å². The Balaban J connectivity index is 0. The molecule has 0 heterocycles. The molecule has 1 aromatic rings. The summed E-state index contributed by atoms with van der Waals surface area (Å²) in [5.74, 6) is 0.339. The van der Waals surface area contributed by atoms with Crippen molar-refractivity contribution in [2.24, 2.45) is 0 Å². The lowest BCUT2D eigenvalue weighted by atomic mass is 9.90. The van der Waals surface area contributed by atoms with Crippen molar-refractivity contribution >= 4 is 7.69 Å². The third-order valence-electron chi connectivity index (χ3n) is 2.35. The zero-order chi connectivity index (χ0) is 15.7. The summed E-state index contributed by atoms with van der Waals surface area (Å²) in [6.45, 7) is 6.31. The van der Waals surface area contributed by atoms with Gasteiger partial charge in [-0.25, -0.2) is 0 Å². The highest BCUT2D eigenvalue weighted by Crippen LogP contribution is 2.19. The fraction of sp³-hybridized carbons (Fsp3) is 0.500. The lowest BCUT2D eigenvalue weighted by Crippen LogP contribution is -2.44. The number of aliphatic hydroxyl groups is 2. The predicted molar refractivity (Wildman–Crippen MR) is 74.0 cm³/mol. The highest BCUT2D eigenvalue weighted by Gasteiger charge is 2.31. The van der Waals surface area contributed by atoms with Crippen molar-refractivity contribution in [2.45, 2.75) is 38.9 Å². The van der Waals surface area contributed by atoms with Crippen LogP contribution in [0.1, 0.15) is 27.7 Å². The van der Waals surface area contributed by atoms with E-state index in [9.17, 15) is 0 Å². The van der Waals surface area contributed by atoms with Gasteiger partial charge in [-0.2, -0.15) is 0 Å². The van der Waals surface area contributed by atoms with Gasteiger partial charge in [0.2, 0.25) is 0 Å². The summed E-state index contributed by atoms with van der Waals surface area (Å²) in [5, 5.41) is 49.7.